The lowest BCUT2D eigenvalue weighted by Crippen LogP contribution is -2.49. The zero-order valence-corrected chi connectivity index (χ0v) is 14.0. The normalized spacial score (nSPS) is 18.7. The number of carbonyl (C=O) groups excluding carboxylic acids is 1. The fourth-order valence-electron chi connectivity index (χ4n) is 2.40. The number of rotatable bonds is 6. The first kappa shape index (κ1) is 16.5. The number of carbonyl (C=O) groups is 2. The van der Waals surface area contributed by atoms with E-state index in [9.17, 15) is 9.59 Å². The number of carboxylic acids is 1. The van der Waals surface area contributed by atoms with Crippen LogP contribution >= 0.6 is 27.3 Å². The van der Waals surface area contributed by atoms with E-state index in [2.05, 4.69) is 22.0 Å². The summed E-state index contributed by atoms with van der Waals surface area (Å²) in [4.78, 5) is 26.0. The number of carboxylic acid groups (broad SMARTS) is 1. The molecule has 0 aromatic carbocycles. The van der Waals surface area contributed by atoms with E-state index >= 15 is 0 Å². The Kier molecular flexibility index (Phi) is 6.20. The maximum absolute atomic E-state index is 12.3. The predicted octanol–water partition coefficient (Wildman–Crippen LogP) is 2.54. The molecule has 0 saturated carbocycles. The molecule has 116 valence electrons. The molecule has 2 heterocycles. The van der Waals surface area contributed by atoms with Crippen LogP contribution in [0.2, 0.25) is 0 Å². The molecular weight excluding hydrogens is 358 g/mol. The fourth-order valence-corrected chi connectivity index (χ4v) is 3.92. The zero-order valence-electron chi connectivity index (χ0n) is 11.6. The standard InChI is InChI=1S/C14H18BrNO4S/c15-12-5-4-11(21-12)2-1-3-13(17)16-6-7-20-9-10(16)8-14(18)19/h4-5,10H,1-3,6-9H2,(H,18,19). The van der Waals surface area contributed by atoms with E-state index in [1.165, 1.54) is 4.88 Å². The highest BCUT2D eigenvalue weighted by molar-refractivity contribution is 9.11. The molecule has 1 amide bonds. The fraction of sp³-hybridized carbons (Fsp3) is 0.571. The number of ether oxygens (including phenoxy) is 1. The van der Waals surface area contributed by atoms with E-state index in [1.54, 1.807) is 16.2 Å². The maximum atomic E-state index is 12.3. The van der Waals surface area contributed by atoms with Crippen LogP contribution in [0.15, 0.2) is 15.9 Å². The second-order valence-electron chi connectivity index (χ2n) is 4.97. The number of hydrogen-bond acceptors (Lipinski definition) is 4. The van der Waals surface area contributed by atoms with Crippen molar-refractivity contribution >= 4 is 39.1 Å². The molecule has 0 bridgehead atoms. The summed E-state index contributed by atoms with van der Waals surface area (Å²) in [5, 5.41) is 8.90. The quantitative estimate of drug-likeness (QED) is 0.829. The van der Waals surface area contributed by atoms with Crippen molar-refractivity contribution in [1.29, 1.82) is 0 Å². The molecule has 0 aliphatic carbocycles. The molecule has 5 nitrogen and oxygen atoms in total. The van der Waals surface area contributed by atoms with E-state index in [0.29, 0.717) is 26.2 Å². The van der Waals surface area contributed by atoms with Crippen LogP contribution in [0.1, 0.15) is 24.1 Å². The first-order valence-corrected chi connectivity index (χ1v) is 8.50. The number of morpholine rings is 1. The lowest BCUT2D eigenvalue weighted by atomic mass is 10.1. The highest BCUT2D eigenvalue weighted by atomic mass is 79.9. The van der Waals surface area contributed by atoms with Crippen LogP contribution in [-0.4, -0.2) is 47.7 Å². The molecule has 1 aliphatic heterocycles. The van der Waals surface area contributed by atoms with Crippen molar-refractivity contribution in [1.82, 2.24) is 4.90 Å². The van der Waals surface area contributed by atoms with Gasteiger partial charge in [0, 0.05) is 17.8 Å². The van der Waals surface area contributed by atoms with Crippen LogP contribution < -0.4 is 0 Å². The monoisotopic (exact) mass is 375 g/mol. The Morgan fingerprint density at radius 3 is 2.95 bits per heavy atom. The van der Waals surface area contributed by atoms with Gasteiger partial charge >= 0.3 is 5.97 Å². The van der Waals surface area contributed by atoms with Gasteiger partial charge in [0.2, 0.25) is 5.91 Å². The first-order valence-electron chi connectivity index (χ1n) is 6.89. The highest BCUT2D eigenvalue weighted by Crippen LogP contribution is 2.23. The van der Waals surface area contributed by atoms with Crippen LogP contribution in [0.25, 0.3) is 0 Å². The average Bonchev–Trinajstić information content (AvgIpc) is 2.84. The molecule has 1 aromatic rings. The summed E-state index contributed by atoms with van der Waals surface area (Å²) in [6.45, 7) is 1.29. The van der Waals surface area contributed by atoms with Crippen molar-refractivity contribution in [3.63, 3.8) is 0 Å². The van der Waals surface area contributed by atoms with Gasteiger partial charge in [0.15, 0.2) is 0 Å². The topological polar surface area (TPSA) is 66.8 Å². The van der Waals surface area contributed by atoms with Crippen molar-refractivity contribution in [2.75, 3.05) is 19.8 Å². The van der Waals surface area contributed by atoms with Crippen LogP contribution in [0.5, 0.6) is 0 Å². The van der Waals surface area contributed by atoms with E-state index < -0.39 is 5.97 Å². The molecule has 1 fully saturated rings. The Labute approximate surface area is 136 Å². The third-order valence-corrected chi connectivity index (χ3v) is 5.08. The van der Waals surface area contributed by atoms with E-state index in [4.69, 9.17) is 9.84 Å². The van der Waals surface area contributed by atoms with Crippen molar-refractivity contribution in [2.45, 2.75) is 31.7 Å². The van der Waals surface area contributed by atoms with Gasteiger partial charge in [0.1, 0.15) is 0 Å². The van der Waals surface area contributed by atoms with Gasteiger partial charge in [0.05, 0.1) is 29.5 Å². The average molecular weight is 376 g/mol. The Morgan fingerprint density at radius 1 is 1.48 bits per heavy atom. The largest absolute Gasteiger partial charge is 0.481 e. The second-order valence-corrected chi connectivity index (χ2v) is 7.52. The Bertz CT molecular complexity index is 505. The molecule has 1 aliphatic rings. The molecule has 0 spiro atoms. The van der Waals surface area contributed by atoms with Crippen molar-refractivity contribution in [3.8, 4) is 0 Å². The van der Waals surface area contributed by atoms with Crippen LogP contribution in [0.3, 0.4) is 0 Å². The molecule has 2 rings (SSSR count). The summed E-state index contributed by atoms with van der Waals surface area (Å²) in [7, 11) is 0. The summed E-state index contributed by atoms with van der Waals surface area (Å²) < 4.78 is 6.38. The molecule has 21 heavy (non-hydrogen) atoms. The van der Waals surface area contributed by atoms with Crippen molar-refractivity contribution < 1.29 is 19.4 Å². The number of aryl methyl sites for hydroxylation is 1. The number of thiophene rings is 1. The van der Waals surface area contributed by atoms with E-state index in [1.807, 2.05) is 6.07 Å². The molecule has 1 aromatic heterocycles. The minimum atomic E-state index is -0.897. The van der Waals surface area contributed by atoms with Crippen LogP contribution in [0.4, 0.5) is 0 Å². The Hall–Kier alpha value is -0.920. The number of halogens is 1. The minimum absolute atomic E-state index is 0.0279. The minimum Gasteiger partial charge on any atom is -0.481 e. The van der Waals surface area contributed by atoms with Gasteiger partial charge in [0.25, 0.3) is 0 Å². The summed E-state index contributed by atoms with van der Waals surface area (Å²) in [6.07, 6.45) is 2.05. The van der Waals surface area contributed by atoms with E-state index in [0.717, 1.165) is 16.6 Å². The van der Waals surface area contributed by atoms with Gasteiger partial charge in [-0.2, -0.15) is 0 Å². The maximum Gasteiger partial charge on any atom is 0.305 e. The molecular formula is C14H18BrNO4S. The van der Waals surface area contributed by atoms with Crippen LogP contribution in [0, 0.1) is 0 Å². The number of amides is 1. The molecule has 0 radical (unpaired) electrons. The second kappa shape index (κ2) is 7.91. The Morgan fingerprint density at radius 2 is 2.29 bits per heavy atom. The van der Waals surface area contributed by atoms with E-state index in [-0.39, 0.29) is 18.4 Å². The lowest BCUT2D eigenvalue weighted by Gasteiger charge is -2.35. The molecule has 7 heteroatoms. The summed E-state index contributed by atoms with van der Waals surface area (Å²) >= 11 is 5.10. The summed E-state index contributed by atoms with van der Waals surface area (Å²) in [6, 6.07) is 3.73. The van der Waals surface area contributed by atoms with Crippen molar-refractivity contribution in [2.24, 2.45) is 0 Å². The van der Waals surface area contributed by atoms with Crippen molar-refractivity contribution in [3.05, 3.63) is 20.8 Å². The summed E-state index contributed by atoms with van der Waals surface area (Å²) in [5.74, 6) is -0.869. The van der Waals surface area contributed by atoms with Crippen LogP contribution in [-0.2, 0) is 20.7 Å². The first-order chi connectivity index (χ1) is 10.1. The smallest absolute Gasteiger partial charge is 0.305 e. The van der Waals surface area contributed by atoms with Gasteiger partial charge in [-0.25, -0.2) is 0 Å². The number of hydrogen-bond donors (Lipinski definition) is 1. The predicted molar refractivity (Wildman–Crippen MR) is 83.5 cm³/mol. The van der Waals surface area contributed by atoms with Gasteiger partial charge < -0.3 is 14.7 Å². The zero-order chi connectivity index (χ0) is 15.2. The lowest BCUT2D eigenvalue weighted by molar-refractivity contribution is -0.146. The highest BCUT2D eigenvalue weighted by Gasteiger charge is 2.28. The van der Waals surface area contributed by atoms with Gasteiger partial charge in [-0.15, -0.1) is 11.3 Å². The molecule has 1 unspecified atom stereocenters. The van der Waals surface area contributed by atoms with Gasteiger partial charge in [-0.1, -0.05) is 0 Å². The third-order valence-electron chi connectivity index (χ3n) is 3.40. The number of nitrogens with zero attached hydrogens (tertiary/aromatic N) is 1. The number of aliphatic carboxylic acids is 1. The Balaban J connectivity index is 1.81. The van der Waals surface area contributed by atoms with Gasteiger partial charge in [-0.05, 0) is 40.9 Å². The molecule has 1 saturated heterocycles. The molecule has 1 N–H and O–H groups in total. The summed E-state index contributed by atoms with van der Waals surface area (Å²) in [5.41, 5.74) is 0. The SMILES string of the molecule is O=C(O)CC1COCCN1C(=O)CCCc1ccc(Br)s1. The third kappa shape index (κ3) is 5.09. The molecule has 1 atom stereocenters. The van der Waals surface area contributed by atoms with Gasteiger partial charge in [-0.3, -0.25) is 9.59 Å².